The van der Waals surface area contributed by atoms with Gasteiger partial charge in [-0.15, -0.1) is 28.7 Å². The quantitative estimate of drug-likeness (QED) is 0.480. The maximum Gasteiger partial charge on any atom is 0.342 e. The van der Waals surface area contributed by atoms with Crippen LogP contribution in [0.5, 0.6) is 0 Å². The molecule has 0 spiro atoms. The summed E-state index contributed by atoms with van der Waals surface area (Å²) in [5.41, 5.74) is 7.07. The van der Waals surface area contributed by atoms with E-state index in [0.717, 1.165) is 29.2 Å². The van der Waals surface area contributed by atoms with E-state index < -0.39 is 0 Å². The van der Waals surface area contributed by atoms with Crippen LogP contribution in [0.4, 0.5) is 11.6 Å². The Bertz CT molecular complexity index is 964. The molecule has 3 heterocycles. The molecule has 1 aliphatic rings. The Labute approximate surface area is 172 Å². The molecule has 4 rings (SSSR count). The topological polar surface area (TPSA) is 77.0 Å². The van der Waals surface area contributed by atoms with Gasteiger partial charge in [0.1, 0.15) is 0 Å². The summed E-state index contributed by atoms with van der Waals surface area (Å²) in [7, 11) is 0. The van der Waals surface area contributed by atoms with Crippen molar-refractivity contribution < 1.29 is 9.20 Å². The third kappa shape index (κ3) is 3.63. The number of thiophene rings is 1. The number of carbonyl (C=O) groups is 1. The highest BCUT2D eigenvalue weighted by Gasteiger charge is 2.31. The monoisotopic (exact) mass is 426 g/mol. The molecule has 0 amide bonds. The van der Waals surface area contributed by atoms with Crippen molar-refractivity contribution in [3.8, 4) is 10.6 Å². The summed E-state index contributed by atoms with van der Waals surface area (Å²) in [6, 6.07) is 5.95. The maximum absolute atomic E-state index is 12.5. The number of hydrogen-bond donors (Lipinski definition) is 2. The van der Waals surface area contributed by atoms with Gasteiger partial charge in [-0.05, 0) is 24.3 Å². The molecule has 0 unspecified atom stereocenters. The van der Waals surface area contributed by atoms with Crippen LogP contribution >= 0.6 is 35.3 Å². The molecule has 0 aliphatic heterocycles. The lowest BCUT2D eigenvalue weighted by molar-refractivity contribution is -0.481. The Morgan fingerprint density at radius 1 is 1.41 bits per heavy atom. The molecule has 0 bridgehead atoms. The zero-order valence-corrected chi connectivity index (χ0v) is 17.3. The van der Waals surface area contributed by atoms with Gasteiger partial charge >= 0.3 is 5.78 Å². The van der Waals surface area contributed by atoms with Crippen LogP contribution < -0.4 is 15.5 Å². The number of aromatic nitrogens is 3. The van der Waals surface area contributed by atoms with Crippen LogP contribution in [0, 0.1) is 0 Å². The highest BCUT2D eigenvalue weighted by atomic mass is 35.5. The van der Waals surface area contributed by atoms with E-state index in [1.165, 1.54) is 26.2 Å². The van der Waals surface area contributed by atoms with E-state index in [-0.39, 0.29) is 23.5 Å². The van der Waals surface area contributed by atoms with Crippen molar-refractivity contribution in [2.45, 2.75) is 45.1 Å². The molecule has 144 valence electrons. The van der Waals surface area contributed by atoms with Crippen LogP contribution in [0.25, 0.3) is 16.3 Å². The second-order valence-corrected chi connectivity index (χ2v) is 7.98. The van der Waals surface area contributed by atoms with E-state index in [2.05, 4.69) is 10.3 Å². The minimum Gasteiger partial charge on any atom is -0.344 e. The second-order valence-electron chi connectivity index (χ2n) is 6.65. The van der Waals surface area contributed by atoms with E-state index in [4.69, 9.17) is 17.3 Å². The minimum atomic E-state index is -0.128. The average Bonchev–Trinajstić information content (AvgIpc) is 3.21. The Morgan fingerprint density at radius 2 is 2.15 bits per heavy atom. The number of nitrogens with zero attached hydrogens (tertiary/aromatic N) is 3. The van der Waals surface area contributed by atoms with E-state index >= 15 is 0 Å². The van der Waals surface area contributed by atoms with Crippen molar-refractivity contribution in [3.63, 3.8) is 0 Å². The van der Waals surface area contributed by atoms with E-state index in [1.54, 1.807) is 26.4 Å². The first-order valence-corrected chi connectivity index (χ1v) is 10.1. The van der Waals surface area contributed by atoms with E-state index in [9.17, 15) is 4.79 Å². The normalized spacial score (nSPS) is 14.9. The number of carbonyl (C=O) groups excluding carboxylic acids is 1. The van der Waals surface area contributed by atoms with Crippen molar-refractivity contribution >= 4 is 58.7 Å². The van der Waals surface area contributed by atoms with Crippen molar-refractivity contribution in [1.29, 1.82) is 0 Å². The van der Waals surface area contributed by atoms with Gasteiger partial charge in [0.2, 0.25) is 5.82 Å². The lowest BCUT2D eigenvalue weighted by atomic mass is 9.95. The van der Waals surface area contributed by atoms with Gasteiger partial charge in [0.05, 0.1) is 10.9 Å². The predicted molar refractivity (Wildman–Crippen MR) is 112 cm³/mol. The van der Waals surface area contributed by atoms with E-state index in [0.29, 0.717) is 17.6 Å². The van der Waals surface area contributed by atoms with Gasteiger partial charge in [-0.25, -0.2) is 0 Å². The molecule has 0 radical (unpaired) electrons. The fourth-order valence-electron chi connectivity index (χ4n) is 3.68. The number of halogens is 2. The van der Waals surface area contributed by atoms with Crippen LogP contribution in [0.3, 0.4) is 0 Å². The smallest absolute Gasteiger partial charge is 0.342 e. The highest BCUT2D eigenvalue weighted by Crippen LogP contribution is 2.34. The van der Waals surface area contributed by atoms with Crippen molar-refractivity contribution in [2.24, 2.45) is 0 Å². The first-order chi connectivity index (χ1) is 12.6. The molecule has 0 aromatic carbocycles. The molecule has 9 heteroatoms. The van der Waals surface area contributed by atoms with Gasteiger partial charge in [0, 0.05) is 13.0 Å². The fraction of sp³-hybridized carbons (Fsp3) is 0.389. The largest absolute Gasteiger partial charge is 0.344 e. The summed E-state index contributed by atoms with van der Waals surface area (Å²) in [5, 5.41) is 5.91. The third-order valence-corrected chi connectivity index (χ3v) is 5.89. The molecule has 3 aromatic rings. The molecule has 0 atom stereocenters. The molecule has 0 saturated heterocycles. The Balaban J connectivity index is 0.00000210. The number of hydrogen-bond acceptors (Lipinski definition) is 5. The average molecular weight is 427 g/mol. The van der Waals surface area contributed by atoms with Gasteiger partial charge < -0.3 is 11.1 Å². The SMILES string of the molecule is CC(=O)n1c(-c2cccs2)c(NC2CCCCC2)[n+]2c(N)cc(Cl)nc12.Cl. The number of anilines is 2. The van der Waals surface area contributed by atoms with Gasteiger partial charge in [0.15, 0.2) is 16.7 Å². The zero-order valence-electron chi connectivity index (χ0n) is 14.9. The molecular weight excluding hydrogens is 405 g/mol. The summed E-state index contributed by atoms with van der Waals surface area (Å²) in [4.78, 5) is 17.9. The predicted octanol–water partition coefficient (Wildman–Crippen LogP) is 4.41. The number of nitrogens with one attached hydrogen (secondary N) is 1. The first-order valence-electron chi connectivity index (χ1n) is 8.80. The van der Waals surface area contributed by atoms with Crippen LogP contribution in [0.15, 0.2) is 23.6 Å². The summed E-state index contributed by atoms with van der Waals surface area (Å²) in [6.45, 7) is 1.53. The standard InChI is InChI=1S/C18H20ClN5OS.ClH/c1-11(25)23-16(13-8-5-9-26-13)17(21-12-6-3-2-4-7-12)24-15(20)10-14(19)22-18(23)24;/h5,8-10,12,20-21H,2-4,6-7H2,1H3;1H/p+1. The zero-order chi connectivity index (χ0) is 18.3. The summed E-state index contributed by atoms with van der Waals surface area (Å²) >= 11 is 7.71. The van der Waals surface area contributed by atoms with Crippen LogP contribution in [-0.4, -0.2) is 21.5 Å². The summed E-state index contributed by atoms with van der Waals surface area (Å²) in [6.07, 6.45) is 5.91. The lowest BCUT2D eigenvalue weighted by Gasteiger charge is -2.21. The molecule has 6 nitrogen and oxygen atoms in total. The number of fused-ring (bicyclic) bond motifs is 1. The molecule has 1 aliphatic carbocycles. The van der Waals surface area contributed by atoms with Gasteiger partial charge in [-0.2, -0.15) is 8.97 Å². The summed E-state index contributed by atoms with van der Waals surface area (Å²) in [5.74, 6) is 1.57. The third-order valence-electron chi connectivity index (χ3n) is 4.82. The molecular formula is C18H22Cl2N5OS+. The number of imidazole rings is 1. The van der Waals surface area contributed by atoms with Gasteiger partial charge in [0.25, 0.3) is 5.91 Å². The number of rotatable bonds is 3. The molecule has 3 aromatic heterocycles. The summed E-state index contributed by atoms with van der Waals surface area (Å²) < 4.78 is 3.40. The Kier molecular flexibility index (Phi) is 5.93. The van der Waals surface area contributed by atoms with Gasteiger partial charge in [-0.3, -0.25) is 4.79 Å². The first kappa shape index (κ1) is 19.9. The van der Waals surface area contributed by atoms with Crippen LogP contribution in [0.1, 0.15) is 43.8 Å². The maximum atomic E-state index is 12.5. The second kappa shape index (κ2) is 8.04. The molecule has 27 heavy (non-hydrogen) atoms. The Hall–Kier alpha value is -1.83. The van der Waals surface area contributed by atoms with E-state index in [1.807, 2.05) is 17.5 Å². The van der Waals surface area contributed by atoms with Crippen LogP contribution in [0.2, 0.25) is 5.15 Å². The fourth-order valence-corrected chi connectivity index (χ4v) is 4.63. The lowest BCUT2D eigenvalue weighted by Crippen LogP contribution is -2.34. The molecule has 1 fully saturated rings. The number of nitrogens with two attached hydrogens (primary N) is 1. The minimum absolute atomic E-state index is 0. The Morgan fingerprint density at radius 3 is 2.78 bits per heavy atom. The molecule has 1 saturated carbocycles. The van der Waals surface area contributed by atoms with Gasteiger partial charge in [-0.1, -0.05) is 36.9 Å². The number of nitrogen functional groups attached to an aromatic ring is 1. The van der Waals surface area contributed by atoms with Crippen molar-refractivity contribution in [1.82, 2.24) is 9.55 Å². The van der Waals surface area contributed by atoms with Crippen LogP contribution in [-0.2, 0) is 0 Å². The van der Waals surface area contributed by atoms with Crippen molar-refractivity contribution in [2.75, 3.05) is 11.1 Å². The molecule has 3 N–H and O–H groups in total. The highest BCUT2D eigenvalue weighted by molar-refractivity contribution is 7.13. The van der Waals surface area contributed by atoms with Crippen molar-refractivity contribution in [3.05, 3.63) is 28.7 Å².